The second-order valence-corrected chi connectivity index (χ2v) is 28.4. The van der Waals surface area contributed by atoms with Crippen LogP contribution in [0.4, 0.5) is 0 Å². The number of rotatable bonds is 10. The summed E-state index contributed by atoms with van der Waals surface area (Å²) in [4.78, 5) is 4.89. The molecule has 4 heterocycles. The molecule has 1 aliphatic heterocycles. The van der Waals surface area contributed by atoms with Crippen LogP contribution in [0.2, 0.25) is 0 Å². The van der Waals surface area contributed by atoms with Crippen LogP contribution < -0.4 is 30.1 Å². The minimum absolute atomic E-state index is 0. The summed E-state index contributed by atoms with van der Waals surface area (Å²) in [5.41, 5.74) is 10.9. The summed E-state index contributed by atoms with van der Waals surface area (Å²) in [6.07, 6.45) is 5.61. The van der Waals surface area contributed by atoms with E-state index in [2.05, 4.69) is 113 Å². The van der Waals surface area contributed by atoms with Crippen molar-refractivity contribution in [2.45, 2.75) is 52.4 Å². The van der Waals surface area contributed by atoms with E-state index in [9.17, 15) is 20.6 Å². The van der Waals surface area contributed by atoms with Crippen LogP contribution in [0.3, 0.4) is 0 Å². The van der Waals surface area contributed by atoms with Crippen LogP contribution in [-0.2, 0) is 31.9 Å². The van der Waals surface area contributed by atoms with Crippen LogP contribution in [0.15, 0.2) is 291 Å². The van der Waals surface area contributed by atoms with Crippen LogP contribution in [0, 0.1) is 18.5 Å². The van der Waals surface area contributed by atoms with Crippen molar-refractivity contribution in [1.82, 2.24) is 14.1 Å². The Bertz CT molecular complexity index is 6360. The number of pyridine rings is 1. The van der Waals surface area contributed by atoms with Gasteiger partial charge in [-0.05, 0) is 134 Å². The number of fused-ring (bicyclic) bond motifs is 10. The second-order valence-electron chi connectivity index (χ2n) is 24.9. The molecule has 7 heteroatoms. The second kappa shape index (κ2) is 23.5. The Kier molecular flexibility index (Phi) is 10.6. The average Bonchev–Trinajstić information content (AvgIpc) is 1.28. The molecule has 15 aromatic rings. The van der Waals surface area contributed by atoms with E-state index < -0.39 is 143 Å². The van der Waals surface area contributed by atoms with E-state index >= 15 is 0 Å². The molecule has 0 spiro atoms. The summed E-state index contributed by atoms with van der Waals surface area (Å²) in [6, 6.07) is 45.9. The number of ether oxygens (including phenoxy) is 1. The quantitative estimate of drug-likeness (QED) is 0.0592. The Morgan fingerprint density at radius 3 is 1.76 bits per heavy atom. The zero-order valence-corrected chi connectivity index (χ0v) is 54.6. The maximum Gasteiger partial charge on any atom is 0.268 e. The predicted molar refractivity (Wildman–Crippen MR) is 382 cm³/mol. The van der Waals surface area contributed by atoms with Crippen molar-refractivity contribution >= 4 is 61.7 Å². The molecule has 0 saturated heterocycles. The third kappa shape index (κ3) is 10.2. The molecule has 0 saturated carbocycles. The molecule has 0 aliphatic carbocycles. The fourth-order valence-corrected chi connectivity index (χ4v) is 16.5. The first kappa shape index (κ1) is 42.0. The molecule has 93 heavy (non-hydrogen) atoms. The van der Waals surface area contributed by atoms with Gasteiger partial charge in [-0.3, -0.25) is 4.57 Å². The number of aromatic nitrogens is 4. The molecule has 0 atom stereocenters. The molecule has 0 amide bonds. The van der Waals surface area contributed by atoms with Crippen LogP contribution >= 0.6 is 0 Å². The third-order valence-corrected chi connectivity index (χ3v) is 21.4. The molecule has 3 aromatic heterocycles. The Balaban J connectivity index is 0.00000977. The summed E-state index contributed by atoms with van der Waals surface area (Å²) in [6.45, 7) is 12.9. The smallest absolute Gasteiger partial charge is 0.268 e. The topological polar surface area (TPSA) is 35.9 Å². The van der Waals surface area contributed by atoms with Crippen molar-refractivity contribution < 1.29 is 55.0 Å². The number of hydrogen-bond acceptors (Lipinski definition) is 2. The normalized spacial score (nSPS) is 14.8. The Morgan fingerprint density at radius 2 is 1.05 bits per heavy atom. The van der Waals surface area contributed by atoms with E-state index in [1.165, 1.54) is 0 Å². The van der Waals surface area contributed by atoms with Gasteiger partial charge in [0, 0.05) is 44.3 Å². The first-order valence-corrected chi connectivity index (χ1v) is 32.3. The fourth-order valence-electron chi connectivity index (χ4n) is 12.9. The molecule has 1 aliphatic rings. The Labute approximate surface area is 585 Å². The third-order valence-electron chi connectivity index (χ3n) is 17.4. The van der Waals surface area contributed by atoms with Crippen LogP contribution in [-0.4, -0.2) is 22.2 Å². The van der Waals surface area contributed by atoms with Gasteiger partial charge in [0.1, 0.15) is 5.82 Å². The summed E-state index contributed by atoms with van der Waals surface area (Å²) < 4.78 is 186. The van der Waals surface area contributed by atoms with Gasteiger partial charge >= 0.3 is 0 Å². The van der Waals surface area contributed by atoms with Gasteiger partial charge in [0.25, 0.3) is 6.33 Å². The van der Waals surface area contributed by atoms with Gasteiger partial charge in [-0.25, -0.2) is 4.98 Å². The fraction of sp³-hybridized carbons (Fsp3) is 0.0930. The molecule has 0 unspecified atom stereocenters. The summed E-state index contributed by atoms with van der Waals surface area (Å²) in [5, 5.41) is -1.44. The van der Waals surface area contributed by atoms with Crippen molar-refractivity contribution in [3.05, 3.63) is 320 Å². The van der Waals surface area contributed by atoms with Gasteiger partial charge in [0.05, 0.1) is 41.4 Å². The van der Waals surface area contributed by atoms with Crippen molar-refractivity contribution in [2.24, 2.45) is 0 Å². The zero-order chi connectivity index (χ0) is 78.0. The van der Waals surface area contributed by atoms with E-state index in [1.807, 2.05) is 108 Å². The van der Waals surface area contributed by atoms with Crippen molar-refractivity contribution in [3.63, 3.8) is 0 Å². The molecule has 16 rings (SSSR count). The molecule has 0 radical (unpaired) electrons. The van der Waals surface area contributed by atoms with E-state index in [0.29, 0.717) is 50.6 Å². The van der Waals surface area contributed by atoms with Crippen LogP contribution in [0.25, 0.3) is 106 Å². The Morgan fingerprint density at radius 1 is 0.452 bits per heavy atom. The number of para-hydroxylation sites is 2. The number of hydrogen-bond donors (Lipinski definition) is 0. The van der Waals surface area contributed by atoms with Crippen molar-refractivity contribution in [2.75, 3.05) is 0 Å². The number of nitrogens with zero attached hydrogens (tertiary/aromatic N) is 4. The number of benzene rings is 12. The van der Waals surface area contributed by atoms with E-state index in [1.54, 1.807) is 28.8 Å². The van der Waals surface area contributed by atoms with E-state index in [0.717, 1.165) is 66.9 Å². The predicted octanol–water partition coefficient (Wildman–Crippen LogP) is 18.2. The average molecular weight is 1410 g/mol. The summed E-state index contributed by atoms with van der Waals surface area (Å²) >= 11 is 0. The number of imidazole rings is 1. The summed E-state index contributed by atoms with van der Waals surface area (Å²) in [7, 11) is -6.12. The first-order chi connectivity index (χ1) is 52.3. The van der Waals surface area contributed by atoms with Gasteiger partial charge in [-0.2, -0.15) is 18.2 Å². The molecule has 0 N–H and O–H groups in total. The Hall–Kier alpha value is -10.2. The van der Waals surface area contributed by atoms with Crippen molar-refractivity contribution in [1.29, 1.82) is 0 Å². The SMILES string of the molecule is [2H]c1cc([2H])c([Si](c2c([2H])c([2H])c([2H])c([2H])c2[2H])(c2c([2H])c([2H])c([2H])c([2H])c2[2H])c2c([2H])c([2H])c([2H])c(-c3cc4c5c(c3)n(-c3[c-]c(Oc6[c-]c7c(cc6)c6ccccc6n7-c6cc(C(C)(C)C)ccn6)ccc3)[c-][n+]5-c3c(-c5ccc(C(C)(C)C)cc5)cccc3-c3ccccc3-c3ccccc3-4)c2[2H])c([2H])c1[2H].[Pt]. The standard InChI is InChI=1S/C86H66N4OSi.Pt/c1-85(2,3)61-45-43-58(44-46-61)70-40-24-41-77-73-37-18-16-35-71(73)72-36-17-19-38-74(72)78-52-60(59-25-22-34-69(51-59)92(66-28-10-7-11-29-66,67-30-12-8-13-31-67)68-32-14-9-15-33-68)53-81-84(78)89(83(70)77)57-88(81)63-26-23-27-64(55-63)91-65-47-48-76-75-39-20-21-42-79(75)90(80(76)56-65)82-54-62(49-50-87-82)86(4,5)6;/h7-54H,1-6H3;/q-2;/i7D,8D,9D,10D,11D,12D,13D,14D,22D,25D,28D,29D,30D,31D,32D,33D,34D,51D;. The molecule has 12 aromatic carbocycles. The van der Waals surface area contributed by atoms with Gasteiger partial charge < -0.3 is 13.9 Å². The maximum absolute atomic E-state index is 11.0. The minimum atomic E-state index is -6.12. The van der Waals surface area contributed by atoms with Gasteiger partial charge in [-0.1, -0.05) is 277 Å². The molecule has 452 valence electrons. The molecular weight excluding hydrogens is 1330 g/mol. The van der Waals surface area contributed by atoms with Gasteiger partial charge in [0.2, 0.25) is 0 Å². The first-order valence-electron chi connectivity index (χ1n) is 39.3. The minimum Gasteiger partial charge on any atom is -0.510 e. The maximum atomic E-state index is 11.0. The van der Waals surface area contributed by atoms with Crippen molar-refractivity contribution in [3.8, 4) is 84.3 Å². The van der Waals surface area contributed by atoms with Gasteiger partial charge in [0.15, 0.2) is 8.07 Å². The van der Waals surface area contributed by atoms with E-state index in [-0.39, 0.29) is 43.2 Å². The molecule has 0 fully saturated rings. The molecule has 5 nitrogen and oxygen atoms in total. The largest absolute Gasteiger partial charge is 0.510 e. The zero-order valence-electron chi connectivity index (χ0n) is 69.3. The van der Waals surface area contributed by atoms with Crippen LogP contribution in [0.1, 0.15) is 77.3 Å². The molecule has 0 bridgehead atoms. The monoisotopic (exact) mass is 1410 g/mol. The summed E-state index contributed by atoms with van der Waals surface area (Å²) in [5.74, 6) is 1.29. The van der Waals surface area contributed by atoms with E-state index in [4.69, 9.17) is 13.8 Å². The van der Waals surface area contributed by atoms with Crippen LogP contribution in [0.5, 0.6) is 11.5 Å². The van der Waals surface area contributed by atoms with Gasteiger partial charge in [-0.15, -0.1) is 29.7 Å². The molecular formula is C86H66N4OPtSi-2.